The molecule has 2 saturated heterocycles. The van der Waals surface area contributed by atoms with Crippen molar-refractivity contribution >= 4 is 10.0 Å². The fourth-order valence-corrected chi connectivity index (χ4v) is 3.96. The number of aromatic nitrogens is 2. The molecule has 2 fully saturated rings. The molecule has 3 rings (SSSR count). The highest BCUT2D eigenvalue weighted by atomic mass is 32.2. The molecule has 2 N–H and O–H groups in total. The average molecular weight is 242 g/mol. The van der Waals surface area contributed by atoms with Gasteiger partial charge in [0.15, 0.2) is 5.03 Å². The lowest BCUT2D eigenvalue weighted by atomic mass is 10.1. The summed E-state index contributed by atoms with van der Waals surface area (Å²) in [6.07, 6.45) is 2.53. The van der Waals surface area contributed by atoms with Crippen molar-refractivity contribution in [1.82, 2.24) is 19.8 Å². The van der Waals surface area contributed by atoms with E-state index in [0.29, 0.717) is 25.0 Å². The summed E-state index contributed by atoms with van der Waals surface area (Å²) in [5.41, 5.74) is 0. The molecule has 1 aromatic heterocycles. The second-order valence-electron chi connectivity index (χ2n) is 4.35. The van der Waals surface area contributed by atoms with Gasteiger partial charge in [-0.2, -0.15) is 9.40 Å². The van der Waals surface area contributed by atoms with Crippen LogP contribution in [0.25, 0.3) is 0 Å². The number of hydrogen-bond acceptors (Lipinski definition) is 4. The summed E-state index contributed by atoms with van der Waals surface area (Å²) in [6, 6.07) is 1.83. The number of nitrogens with one attached hydrogen (secondary N) is 2. The van der Waals surface area contributed by atoms with Gasteiger partial charge in [0.2, 0.25) is 0 Å². The predicted octanol–water partition coefficient (Wildman–Crippen LogP) is -0.608. The Bertz CT molecular complexity index is 458. The largest absolute Gasteiger partial charge is 0.312 e. The van der Waals surface area contributed by atoms with Crippen molar-refractivity contribution in [2.24, 2.45) is 5.92 Å². The Morgan fingerprint density at radius 1 is 1.44 bits per heavy atom. The molecule has 2 aliphatic heterocycles. The van der Waals surface area contributed by atoms with Crippen LogP contribution in [0.15, 0.2) is 17.3 Å². The Kier molecular flexibility index (Phi) is 2.27. The van der Waals surface area contributed by atoms with Gasteiger partial charge in [-0.05, 0) is 24.9 Å². The van der Waals surface area contributed by atoms with E-state index in [2.05, 4.69) is 15.5 Å². The minimum absolute atomic E-state index is 0.187. The van der Waals surface area contributed by atoms with Gasteiger partial charge in [0.25, 0.3) is 10.0 Å². The van der Waals surface area contributed by atoms with Crippen LogP contribution in [0, 0.1) is 5.92 Å². The SMILES string of the molecule is O=S(=O)(c1ccn[nH]1)N1C[C@@H]2CCN[C@@H]2C1. The van der Waals surface area contributed by atoms with Gasteiger partial charge in [-0.1, -0.05) is 0 Å². The molecule has 0 radical (unpaired) electrons. The number of H-pyrrole nitrogens is 1. The van der Waals surface area contributed by atoms with E-state index >= 15 is 0 Å². The van der Waals surface area contributed by atoms with Crippen molar-refractivity contribution in [1.29, 1.82) is 0 Å². The third kappa shape index (κ3) is 1.47. The highest BCUT2D eigenvalue weighted by molar-refractivity contribution is 7.89. The highest BCUT2D eigenvalue weighted by Crippen LogP contribution is 2.28. The van der Waals surface area contributed by atoms with Gasteiger partial charge in [0.1, 0.15) is 0 Å². The summed E-state index contributed by atoms with van der Waals surface area (Å²) in [4.78, 5) is 0. The highest BCUT2D eigenvalue weighted by Gasteiger charge is 2.41. The van der Waals surface area contributed by atoms with E-state index in [1.807, 2.05) is 0 Å². The van der Waals surface area contributed by atoms with Gasteiger partial charge in [-0.25, -0.2) is 8.42 Å². The average Bonchev–Trinajstić information content (AvgIpc) is 2.94. The first-order chi connectivity index (χ1) is 7.68. The van der Waals surface area contributed by atoms with E-state index < -0.39 is 10.0 Å². The molecular formula is C9H14N4O2S. The zero-order valence-corrected chi connectivity index (χ0v) is 9.57. The maximum absolute atomic E-state index is 12.2. The molecule has 7 heteroatoms. The number of hydrogen-bond donors (Lipinski definition) is 2. The molecule has 1 aromatic rings. The molecule has 0 spiro atoms. The Morgan fingerprint density at radius 2 is 2.31 bits per heavy atom. The van der Waals surface area contributed by atoms with Gasteiger partial charge in [-0.15, -0.1) is 0 Å². The van der Waals surface area contributed by atoms with Crippen molar-refractivity contribution in [3.8, 4) is 0 Å². The van der Waals surface area contributed by atoms with E-state index in [0.717, 1.165) is 13.0 Å². The summed E-state index contributed by atoms with van der Waals surface area (Å²) < 4.78 is 25.9. The zero-order valence-electron chi connectivity index (χ0n) is 8.76. The van der Waals surface area contributed by atoms with E-state index in [1.165, 1.54) is 12.3 Å². The Hall–Kier alpha value is -0.920. The summed E-state index contributed by atoms with van der Waals surface area (Å²) in [5.74, 6) is 0.470. The zero-order chi connectivity index (χ0) is 11.2. The number of rotatable bonds is 2. The molecule has 2 atom stereocenters. The van der Waals surface area contributed by atoms with E-state index in [-0.39, 0.29) is 5.03 Å². The van der Waals surface area contributed by atoms with Gasteiger partial charge in [-0.3, -0.25) is 5.10 Å². The van der Waals surface area contributed by atoms with Gasteiger partial charge in [0.05, 0.1) is 6.20 Å². The van der Waals surface area contributed by atoms with E-state index in [9.17, 15) is 8.42 Å². The van der Waals surface area contributed by atoms with Crippen molar-refractivity contribution < 1.29 is 8.42 Å². The molecule has 0 aliphatic carbocycles. The van der Waals surface area contributed by atoms with Crippen LogP contribution in [0.4, 0.5) is 0 Å². The fraction of sp³-hybridized carbons (Fsp3) is 0.667. The molecule has 0 aromatic carbocycles. The van der Waals surface area contributed by atoms with Crippen LogP contribution in [0.1, 0.15) is 6.42 Å². The number of nitrogens with zero attached hydrogens (tertiary/aromatic N) is 2. The summed E-state index contributed by atoms with van der Waals surface area (Å²) in [7, 11) is -3.36. The van der Waals surface area contributed by atoms with Gasteiger partial charge < -0.3 is 5.32 Å². The Morgan fingerprint density at radius 3 is 3.00 bits per heavy atom. The minimum atomic E-state index is -3.36. The van der Waals surface area contributed by atoms with Crippen molar-refractivity contribution in [2.45, 2.75) is 17.5 Å². The molecule has 0 bridgehead atoms. The summed E-state index contributed by atoms with van der Waals surface area (Å²) in [5, 5.41) is 9.73. The smallest absolute Gasteiger partial charge is 0.260 e. The minimum Gasteiger partial charge on any atom is -0.312 e. The van der Waals surface area contributed by atoms with Crippen LogP contribution in [-0.2, 0) is 10.0 Å². The van der Waals surface area contributed by atoms with Crippen LogP contribution in [0.2, 0.25) is 0 Å². The Balaban J connectivity index is 1.85. The molecule has 0 unspecified atom stereocenters. The van der Waals surface area contributed by atoms with E-state index in [4.69, 9.17) is 0 Å². The first-order valence-corrected chi connectivity index (χ1v) is 6.85. The topological polar surface area (TPSA) is 78.1 Å². The molecule has 0 amide bonds. The van der Waals surface area contributed by atoms with Crippen LogP contribution in [0.5, 0.6) is 0 Å². The predicted molar refractivity (Wildman–Crippen MR) is 57.2 cm³/mol. The maximum Gasteiger partial charge on any atom is 0.260 e. The van der Waals surface area contributed by atoms with Crippen LogP contribution < -0.4 is 5.32 Å². The maximum atomic E-state index is 12.2. The van der Waals surface area contributed by atoms with Crippen LogP contribution >= 0.6 is 0 Å². The van der Waals surface area contributed by atoms with Crippen molar-refractivity contribution in [2.75, 3.05) is 19.6 Å². The van der Waals surface area contributed by atoms with Crippen LogP contribution in [-0.4, -0.2) is 48.6 Å². The normalized spacial score (nSPS) is 30.8. The standard InChI is InChI=1S/C9H14N4O2S/c14-16(15,9-2-4-11-12-9)13-5-7-1-3-10-8(7)6-13/h2,4,7-8,10H,1,3,5-6H2,(H,11,12)/t7-,8+/m0/s1. The monoisotopic (exact) mass is 242 g/mol. The molecule has 3 heterocycles. The summed E-state index contributed by atoms with van der Waals surface area (Å²) >= 11 is 0. The van der Waals surface area contributed by atoms with E-state index in [1.54, 1.807) is 4.31 Å². The second kappa shape index (κ2) is 3.54. The molecular weight excluding hydrogens is 228 g/mol. The van der Waals surface area contributed by atoms with Crippen LogP contribution in [0.3, 0.4) is 0 Å². The quantitative estimate of drug-likeness (QED) is 0.725. The second-order valence-corrected chi connectivity index (χ2v) is 6.26. The molecule has 16 heavy (non-hydrogen) atoms. The van der Waals surface area contributed by atoms with Crippen molar-refractivity contribution in [3.05, 3.63) is 12.3 Å². The van der Waals surface area contributed by atoms with Gasteiger partial charge in [0, 0.05) is 19.1 Å². The lowest BCUT2D eigenvalue weighted by Crippen LogP contribution is -2.34. The molecule has 0 saturated carbocycles. The summed E-state index contributed by atoms with van der Waals surface area (Å²) in [6.45, 7) is 2.21. The molecule has 88 valence electrons. The Labute approximate surface area is 94.1 Å². The first kappa shape index (κ1) is 10.2. The van der Waals surface area contributed by atoms with Crippen molar-refractivity contribution in [3.63, 3.8) is 0 Å². The molecule has 6 nitrogen and oxygen atoms in total. The molecule has 2 aliphatic rings. The third-order valence-corrected chi connectivity index (χ3v) is 5.18. The lowest BCUT2D eigenvalue weighted by molar-refractivity contribution is 0.445. The third-order valence-electron chi connectivity index (χ3n) is 3.42. The number of sulfonamides is 1. The number of fused-ring (bicyclic) bond motifs is 1. The fourth-order valence-electron chi connectivity index (χ4n) is 2.53. The van der Waals surface area contributed by atoms with Gasteiger partial charge >= 0.3 is 0 Å². The lowest BCUT2D eigenvalue weighted by Gasteiger charge is -2.15. The first-order valence-electron chi connectivity index (χ1n) is 5.41. The number of aromatic amines is 1.